The highest BCUT2D eigenvalue weighted by Gasteiger charge is 2.07. The van der Waals surface area contributed by atoms with Crippen LogP contribution in [0.3, 0.4) is 0 Å². The molecule has 1 aromatic carbocycles. The first-order valence-electron chi connectivity index (χ1n) is 5.99. The third-order valence-electron chi connectivity index (χ3n) is 2.49. The number of carbonyl (C=O) groups excluding carboxylic acids is 1. The molecule has 0 aliphatic heterocycles. The predicted octanol–water partition coefficient (Wildman–Crippen LogP) is 1.14. The van der Waals surface area contributed by atoms with E-state index in [0.717, 1.165) is 5.56 Å². The lowest BCUT2D eigenvalue weighted by atomic mass is 10.1. The first kappa shape index (κ1) is 14.3. The van der Waals surface area contributed by atoms with Gasteiger partial charge in [-0.2, -0.15) is 0 Å². The number of amides is 1. The molecular formula is C13H20N2O3. The van der Waals surface area contributed by atoms with Crippen molar-refractivity contribution in [2.24, 2.45) is 5.73 Å². The molecule has 4 N–H and O–H groups in total. The fraction of sp³-hybridized carbons (Fsp3) is 0.462. The lowest BCUT2D eigenvalue weighted by Crippen LogP contribution is -2.30. The summed E-state index contributed by atoms with van der Waals surface area (Å²) in [7, 11) is 0. The van der Waals surface area contributed by atoms with Gasteiger partial charge in [0, 0.05) is 19.0 Å². The van der Waals surface area contributed by atoms with Crippen LogP contribution in [0.25, 0.3) is 0 Å². The fourth-order valence-electron chi connectivity index (χ4n) is 1.61. The van der Waals surface area contributed by atoms with Crippen LogP contribution in [0, 0.1) is 0 Å². The van der Waals surface area contributed by atoms with Crippen molar-refractivity contribution in [3.05, 3.63) is 23.8 Å². The Kier molecular flexibility index (Phi) is 5.45. The van der Waals surface area contributed by atoms with Gasteiger partial charge in [-0.1, -0.05) is 6.07 Å². The van der Waals surface area contributed by atoms with E-state index in [9.17, 15) is 9.90 Å². The van der Waals surface area contributed by atoms with E-state index in [-0.39, 0.29) is 17.7 Å². The Balaban J connectivity index is 2.57. The second kappa shape index (κ2) is 6.86. The molecule has 0 radical (unpaired) electrons. The van der Waals surface area contributed by atoms with Gasteiger partial charge >= 0.3 is 0 Å². The number of aromatic hydroxyl groups is 1. The van der Waals surface area contributed by atoms with Gasteiger partial charge in [-0.3, -0.25) is 4.79 Å². The number of nitrogens with two attached hydrogens (primary N) is 1. The van der Waals surface area contributed by atoms with Crippen LogP contribution in [0.15, 0.2) is 18.2 Å². The standard InChI is InChI=1S/C13H20N2O3/c1-3-18-12-7-10(4-5-11(12)16)8-15-9(2)6-13(14)17/h4-5,7,9,15-16H,3,6,8H2,1-2H3,(H2,14,17). The quantitative estimate of drug-likeness (QED) is 0.679. The molecule has 0 fully saturated rings. The molecule has 1 amide bonds. The first-order chi connectivity index (χ1) is 8.52. The second-order valence-corrected chi connectivity index (χ2v) is 4.19. The summed E-state index contributed by atoms with van der Waals surface area (Å²) >= 11 is 0. The lowest BCUT2D eigenvalue weighted by molar-refractivity contribution is -0.118. The molecule has 0 bridgehead atoms. The summed E-state index contributed by atoms with van der Waals surface area (Å²) < 4.78 is 5.30. The van der Waals surface area contributed by atoms with E-state index >= 15 is 0 Å². The Morgan fingerprint density at radius 2 is 2.28 bits per heavy atom. The SMILES string of the molecule is CCOc1cc(CNC(C)CC(N)=O)ccc1O. The number of rotatable bonds is 7. The number of nitrogens with one attached hydrogen (secondary N) is 1. The molecule has 1 aromatic rings. The number of phenols is 1. The predicted molar refractivity (Wildman–Crippen MR) is 69.4 cm³/mol. The maximum atomic E-state index is 10.7. The molecule has 1 rings (SSSR count). The second-order valence-electron chi connectivity index (χ2n) is 4.19. The average molecular weight is 252 g/mol. The molecular weight excluding hydrogens is 232 g/mol. The minimum atomic E-state index is -0.323. The lowest BCUT2D eigenvalue weighted by Gasteiger charge is -2.13. The summed E-state index contributed by atoms with van der Waals surface area (Å²) in [6.45, 7) is 4.85. The maximum absolute atomic E-state index is 10.7. The van der Waals surface area contributed by atoms with Crippen molar-refractivity contribution in [3.63, 3.8) is 0 Å². The highest BCUT2D eigenvalue weighted by atomic mass is 16.5. The molecule has 5 heteroatoms. The van der Waals surface area contributed by atoms with E-state index in [1.807, 2.05) is 19.9 Å². The van der Waals surface area contributed by atoms with Crippen molar-refractivity contribution in [1.29, 1.82) is 0 Å². The summed E-state index contributed by atoms with van der Waals surface area (Å²) in [5.74, 6) is 0.279. The third kappa shape index (κ3) is 4.63. The van der Waals surface area contributed by atoms with Gasteiger partial charge in [-0.25, -0.2) is 0 Å². The molecule has 0 heterocycles. The number of carbonyl (C=O) groups is 1. The smallest absolute Gasteiger partial charge is 0.218 e. The Hall–Kier alpha value is -1.75. The molecule has 0 saturated carbocycles. The molecule has 1 atom stereocenters. The zero-order valence-corrected chi connectivity index (χ0v) is 10.8. The van der Waals surface area contributed by atoms with Gasteiger partial charge in [-0.15, -0.1) is 0 Å². The first-order valence-corrected chi connectivity index (χ1v) is 5.99. The average Bonchev–Trinajstić information content (AvgIpc) is 2.29. The van der Waals surface area contributed by atoms with Crippen LogP contribution >= 0.6 is 0 Å². The van der Waals surface area contributed by atoms with Crippen molar-refractivity contribution < 1.29 is 14.6 Å². The van der Waals surface area contributed by atoms with E-state index in [1.54, 1.807) is 12.1 Å². The normalized spacial score (nSPS) is 12.1. The molecule has 18 heavy (non-hydrogen) atoms. The Morgan fingerprint density at radius 1 is 1.56 bits per heavy atom. The number of benzene rings is 1. The zero-order chi connectivity index (χ0) is 13.5. The number of hydrogen-bond donors (Lipinski definition) is 3. The summed E-state index contributed by atoms with van der Waals surface area (Å²) in [5, 5.41) is 12.7. The molecule has 0 aliphatic carbocycles. The van der Waals surface area contributed by atoms with Crippen LogP contribution in [-0.2, 0) is 11.3 Å². The highest BCUT2D eigenvalue weighted by Crippen LogP contribution is 2.26. The minimum absolute atomic E-state index is 0.0202. The van der Waals surface area contributed by atoms with Crippen LogP contribution in [0.4, 0.5) is 0 Å². The fourth-order valence-corrected chi connectivity index (χ4v) is 1.61. The zero-order valence-electron chi connectivity index (χ0n) is 10.8. The van der Waals surface area contributed by atoms with Gasteiger partial charge in [0.15, 0.2) is 11.5 Å². The van der Waals surface area contributed by atoms with E-state index in [0.29, 0.717) is 25.3 Å². The van der Waals surface area contributed by atoms with Crippen molar-refractivity contribution in [3.8, 4) is 11.5 Å². The van der Waals surface area contributed by atoms with Crippen LogP contribution < -0.4 is 15.8 Å². The summed E-state index contributed by atoms with van der Waals surface area (Å²) in [5.41, 5.74) is 6.09. The van der Waals surface area contributed by atoms with Crippen molar-refractivity contribution in [1.82, 2.24) is 5.32 Å². The Morgan fingerprint density at radius 3 is 2.89 bits per heavy atom. The molecule has 5 nitrogen and oxygen atoms in total. The number of phenolic OH excluding ortho intramolecular Hbond substituents is 1. The van der Waals surface area contributed by atoms with Gasteiger partial charge in [-0.05, 0) is 31.5 Å². The molecule has 0 aromatic heterocycles. The monoisotopic (exact) mass is 252 g/mol. The van der Waals surface area contributed by atoms with Gasteiger partial charge in [0.05, 0.1) is 6.61 Å². The van der Waals surface area contributed by atoms with E-state index in [1.165, 1.54) is 0 Å². The van der Waals surface area contributed by atoms with E-state index in [4.69, 9.17) is 10.5 Å². The van der Waals surface area contributed by atoms with Crippen LogP contribution in [0.2, 0.25) is 0 Å². The van der Waals surface area contributed by atoms with Gasteiger partial charge in [0.25, 0.3) is 0 Å². The molecule has 0 saturated heterocycles. The molecule has 100 valence electrons. The minimum Gasteiger partial charge on any atom is -0.504 e. The number of ether oxygens (including phenoxy) is 1. The Bertz CT molecular complexity index is 407. The van der Waals surface area contributed by atoms with E-state index < -0.39 is 0 Å². The number of hydrogen-bond acceptors (Lipinski definition) is 4. The van der Waals surface area contributed by atoms with Gasteiger partial charge in [0.1, 0.15) is 0 Å². The molecule has 1 unspecified atom stereocenters. The molecule has 0 aliphatic rings. The van der Waals surface area contributed by atoms with Crippen LogP contribution in [-0.4, -0.2) is 23.7 Å². The molecule has 0 spiro atoms. The van der Waals surface area contributed by atoms with E-state index in [2.05, 4.69) is 5.32 Å². The highest BCUT2D eigenvalue weighted by molar-refractivity contribution is 5.74. The largest absolute Gasteiger partial charge is 0.504 e. The summed E-state index contributed by atoms with van der Waals surface area (Å²) in [6.07, 6.45) is 0.302. The number of primary amides is 1. The van der Waals surface area contributed by atoms with Crippen LogP contribution in [0.5, 0.6) is 11.5 Å². The summed E-state index contributed by atoms with van der Waals surface area (Å²) in [6, 6.07) is 5.21. The Labute approximate surface area is 107 Å². The summed E-state index contributed by atoms with van der Waals surface area (Å²) in [4.78, 5) is 10.7. The maximum Gasteiger partial charge on any atom is 0.218 e. The van der Waals surface area contributed by atoms with Gasteiger partial charge in [0.2, 0.25) is 5.91 Å². The topological polar surface area (TPSA) is 84.6 Å². The van der Waals surface area contributed by atoms with Crippen molar-refractivity contribution in [2.45, 2.75) is 32.9 Å². The van der Waals surface area contributed by atoms with Gasteiger partial charge < -0.3 is 20.9 Å². The van der Waals surface area contributed by atoms with Crippen molar-refractivity contribution >= 4 is 5.91 Å². The third-order valence-corrected chi connectivity index (χ3v) is 2.49. The van der Waals surface area contributed by atoms with Crippen molar-refractivity contribution in [2.75, 3.05) is 6.61 Å². The van der Waals surface area contributed by atoms with Crippen LogP contribution in [0.1, 0.15) is 25.8 Å².